The van der Waals surface area contributed by atoms with Gasteiger partial charge in [0, 0.05) is 11.1 Å². The summed E-state index contributed by atoms with van der Waals surface area (Å²) in [5.74, 6) is -0.117. The van der Waals surface area contributed by atoms with E-state index in [9.17, 15) is 12.8 Å². The molecule has 0 bridgehead atoms. The molecule has 2 aromatic carbocycles. The molecular formula is C18H17FN2O4S. The minimum absolute atomic E-state index is 0.0426. The Kier molecular flexibility index (Phi) is 5.03. The van der Waals surface area contributed by atoms with Gasteiger partial charge in [-0.1, -0.05) is 23.4 Å². The number of methoxy groups -OCH3 is 1. The molecule has 136 valence electrons. The number of rotatable bonds is 6. The predicted molar refractivity (Wildman–Crippen MR) is 93.7 cm³/mol. The first-order valence-electron chi connectivity index (χ1n) is 7.83. The molecule has 0 amide bonds. The number of nitrogens with zero attached hydrogens (tertiary/aromatic N) is 2. The summed E-state index contributed by atoms with van der Waals surface area (Å²) in [5, 5.41) is 2.78. The average molecular weight is 376 g/mol. The van der Waals surface area contributed by atoms with Gasteiger partial charge in [-0.3, -0.25) is 0 Å². The molecule has 0 fully saturated rings. The Morgan fingerprint density at radius 2 is 1.85 bits per heavy atom. The first-order chi connectivity index (χ1) is 12.4. The molecule has 0 spiro atoms. The van der Waals surface area contributed by atoms with Gasteiger partial charge in [-0.25, -0.2) is 12.8 Å². The second-order valence-corrected chi connectivity index (χ2v) is 8.03. The lowest BCUT2D eigenvalue weighted by Crippen LogP contribution is -2.14. The van der Waals surface area contributed by atoms with Crippen LogP contribution < -0.4 is 4.74 Å². The minimum atomic E-state index is -3.72. The number of aromatic nitrogens is 2. The molecule has 0 N–H and O–H groups in total. The largest absolute Gasteiger partial charge is 0.497 e. The lowest BCUT2D eigenvalue weighted by molar-refractivity contribution is 0.389. The molecule has 1 atom stereocenters. The van der Waals surface area contributed by atoms with Crippen molar-refractivity contribution in [3.63, 3.8) is 0 Å². The number of ether oxygens (including phenoxy) is 1. The van der Waals surface area contributed by atoms with Crippen molar-refractivity contribution in [3.8, 4) is 17.1 Å². The zero-order chi connectivity index (χ0) is 18.7. The average Bonchev–Trinajstić information content (AvgIpc) is 3.09. The molecule has 0 aliphatic heterocycles. The highest BCUT2D eigenvalue weighted by Gasteiger charge is 2.27. The van der Waals surface area contributed by atoms with Crippen LogP contribution in [0.4, 0.5) is 4.39 Å². The molecular weight excluding hydrogens is 359 g/mol. The predicted octanol–water partition coefficient (Wildman–Crippen LogP) is 3.56. The lowest BCUT2D eigenvalue weighted by Gasteiger charge is -2.12. The molecule has 26 heavy (non-hydrogen) atoms. The fraction of sp³-hybridized carbons (Fsp3) is 0.222. The van der Waals surface area contributed by atoms with E-state index in [1.165, 1.54) is 25.1 Å². The Hall–Kier alpha value is -2.74. The Bertz CT molecular complexity index is 1000. The van der Waals surface area contributed by atoms with Crippen molar-refractivity contribution in [2.24, 2.45) is 0 Å². The fourth-order valence-electron chi connectivity index (χ4n) is 2.47. The maximum absolute atomic E-state index is 13.9. The van der Waals surface area contributed by atoms with Crippen LogP contribution >= 0.6 is 0 Å². The van der Waals surface area contributed by atoms with Crippen LogP contribution in [0.3, 0.4) is 0 Å². The van der Waals surface area contributed by atoms with Gasteiger partial charge in [0.2, 0.25) is 11.7 Å². The molecule has 1 heterocycles. The minimum Gasteiger partial charge on any atom is -0.497 e. The van der Waals surface area contributed by atoms with Crippen LogP contribution in [0.1, 0.15) is 23.6 Å². The third-order valence-electron chi connectivity index (χ3n) is 4.02. The van der Waals surface area contributed by atoms with Crippen molar-refractivity contribution < 1.29 is 22.1 Å². The van der Waals surface area contributed by atoms with Crippen LogP contribution in [0, 0.1) is 5.82 Å². The highest BCUT2D eigenvalue weighted by atomic mass is 32.2. The van der Waals surface area contributed by atoms with Gasteiger partial charge in [-0.2, -0.15) is 4.98 Å². The van der Waals surface area contributed by atoms with E-state index in [0.29, 0.717) is 11.3 Å². The van der Waals surface area contributed by atoms with Gasteiger partial charge in [-0.15, -0.1) is 0 Å². The van der Waals surface area contributed by atoms with Crippen molar-refractivity contribution in [1.29, 1.82) is 0 Å². The van der Waals surface area contributed by atoms with Gasteiger partial charge in [-0.05, 0) is 37.3 Å². The smallest absolute Gasteiger partial charge is 0.242 e. The van der Waals surface area contributed by atoms with Gasteiger partial charge in [0.05, 0.1) is 12.4 Å². The SMILES string of the molecule is COc1ccc(-c2noc(CS(=O)(=O)C(C)c3ccccc3F)n2)cc1. The third-order valence-corrected chi connectivity index (χ3v) is 6.00. The first kappa shape index (κ1) is 18.1. The second-order valence-electron chi connectivity index (χ2n) is 5.71. The molecule has 1 unspecified atom stereocenters. The van der Waals surface area contributed by atoms with E-state index >= 15 is 0 Å². The zero-order valence-corrected chi connectivity index (χ0v) is 15.0. The molecule has 3 aromatic rings. The van der Waals surface area contributed by atoms with E-state index < -0.39 is 26.7 Å². The summed E-state index contributed by atoms with van der Waals surface area (Å²) >= 11 is 0. The van der Waals surface area contributed by atoms with Gasteiger partial charge < -0.3 is 9.26 Å². The van der Waals surface area contributed by atoms with E-state index in [2.05, 4.69) is 10.1 Å². The summed E-state index contributed by atoms with van der Waals surface area (Å²) in [6.07, 6.45) is 0. The van der Waals surface area contributed by atoms with E-state index in [4.69, 9.17) is 9.26 Å². The highest BCUT2D eigenvalue weighted by Crippen LogP contribution is 2.27. The number of halogens is 1. The summed E-state index contributed by atoms with van der Waals surface area (Å²) < 4.78 is 49.2. The van der Waals surface area contributed by atoms with E-state index in [-0.39, 0.29) is 17.3 Å². The van der Waals surface area contributed by atoms with Crippen LogP contribution in [-0.4, -0.2) is 25.7 Å². The number of benzene rings is 2. The second kappa shape index (κ2) is 7.25. The van der Waals surface area contributed by atoms with Crippen molar-refractivity contribution >= 4 is 9.84 Å². The summed E-state index contributed by atoms with van der Waals surface area (Å²) in [6.45, 7) is 1.44. The number of hydrogen-bond acceptors (Lipinski definition) is 6. The molecule has 0 aliphatic rings. The molecule has 0 saturated carbocycles. The Balaban J connectivity index is 1.80. The quantitative estimate of drug-likeness (QED) is 0.654. The molecule has 8 heteroatoms. The van der Waals surface area contributed by atoms with Gasteiger partial charge in [0.1, 0.15) is 17.3 Å². The Morgan fingerprint density at radius 1 is 1.15 bits per heavy atom. The van der Waals surface area contributed by atoms with Gasteiger partial charge in [0.25, 0.3) is 0 Å². The number of hydrogen-bond donors (Lipinski definition) is 0. The standard InChI is InChI=1S/C18H17FN2O4S/c1-12(15-5-3-4-6-16(15)19)26(22,23)11-17-20-18(21-25-17)13-7-9-14(24-2)10-8-13/h3-10,12H,11H2,1-2H3. The van der Waals surface area contributed by atoms with E-state index in [0.717, 1.165) is 0 Å². The molecule has 1 aromatic heterocycles. The van der Waals surface area contributed by atoms with E-state index in [1.54, 1.807) is 37.4 Å². The third kappa shape index (κ3) is 3.75. The summed E-state index contributed by atoms with van der Waals surface area (Å²) in [6, 6.07) is 12.7. The van der Waals surface area contributed by atoms with Crippen molar-refractivity contribution in [1.82, 2.24) is 10.1 Å². The van der Waals surface area contributed by atoms with Gasteiger partial charge in [0.15, 0.2) is 9.84 Å². The van der Waals surface area contributed by atoms with Gasteiger partial charge >= 0.3 is 0 Å². The Morgan fingerprint density at radius 3 is 2.50 bits per heavy atom. The molecule has 0 saturated heterocycles. The van der Waals surface area contributed by atoms with E-state index in [1.807, 2.05) is 0 Å². The summed E-state index contributed by atoms with van der Waals surface area (Å²) in [5.41, 5.74) is 0.780. The van der Waals surface area contributed by atoms with Crippen LogP contribution in [0.2, 0.25) is 0 Å². The van der Waals surface area contributed by atoms with Crippen LogP contribution in [0.25, 0.3) is 11.4 Å². The summed E-state index contributed by atoms with van der Waals surface area (Å²) in [7, 11) is -2.17. The van der Waals surface area contributed by atoms with Crippen molar-refractivity contribution in [3.05, 3.63) is 65.8 Å². The maximum atomic E-state index is 13.9. The Labute approximate surface area is 150 Å². The molecule has 3 rings (SSSR count). The molecule has 0 aliphatic carbocycles. The lowest BCUT2D eigenvalue weighted by atomic mass is 10.1. The van der Waals surface area contributed by atoms with Crippen LogP contribution in [0.15, 0.2) is 53.1 Å². The van der Waals surface area contributed by atoms with Crippen molar-refractivity contribution in [2.75, 3.05) is 7.11 Å². The molecule has 6 nitrogen and oxygen atoms in total. The first-order valence-corrected chi connectivity index (χ1v) is 9.55. The normalized spacial score (nSPS) is 12.7. The number of sulfone groups is 1. The highest BCUT2D eigenvalue weighted by molar-refractivity contribution is 7.90. The van der Waals surface area contributed by atoms with Crippen molar-refractivity contribution in [2.45, 2.75) is 17.9 Å². The van der Waals surface area contributed by atoms with Crippen LogP contribution in [-0.2, 0) is 15.6 Å². The van der Waals surface area contributed by atoms with Crippen LogP contribution in [0.5, 0.6) is 5.75 Å². The fourth-order valence-corrected chi connectivity index (χ4v) is 3.76. The summed E-state index contributed by atoms with van der Waals surface area (Å²) in [4.78, 5) is 4.13. The molecule has 0 radical (unpaired) electrons. The topological polar surface area (TPSA) is 82.3 Å². The maximum Gasteiger partial charge on any atom is 0.242 e. The zero-order valence-electron chi connectivity index (χ0n) is 14.2. The monoisotopic (exact) mass is 376 g/mol.